The summed E-state index contributed by atoms with van der Waals surface area (Å²) in [5.41, 5.74) is 6.77. The fourth-order valence-electron chi connectivity index (χ4n) is 3.19. The highest BCUT2D eigenvalue weighted by Gasteiger charge is 2.15. The van der Waals surface area contributed by atoms with Gasteiger partial charge in [0, 0.05) is 4.47 Å². The summed E-state index contributed by atoms with van der Waals surface area (Å²) in [5.74, 6) is 0. The lowest BCUT2D eigenvalue weighted by Gasteiger charge is -2.12. The van der Waals surface area contributed by atoms with Gasteiger partial charge in [-0.25, -0.2) is 0 Å². The molecule has 0 unspecified atom stereocenters. The molecular formula is C20H15Br. The first-order valence-corrected chi connectivity index (χ1v) is 8.01. The molecule has 102 valence electrons. The SMILES string of the molecule is CC1=CCc2cc(Br)c(-c3cccc4ccccc34)cc21. The van der Waals surface area contributed by atoms with Gasteiger partial charge in [-0.05, 0) is 64.1 Å². The van der Waals surface area contributed by atoms with Crippen molar-refractivity contribution in [3.8, 4) is 11.1 Å². The van der Waals surface area contributed by atoms with Crippen molar-refractivity contribution in [1.29, 1.82) is 0 Å². The van der Waals surface area contributed by atoms with E-state index in [0.29, 0.717) is 0 Å². The van der Waals surface area contributed by atoms with Gasteiger partial charge in [-0.2, -0.15) is 0 Å². The molecule has 0 nitrogen and oxygen atoms in total. The second kappa shape index (κ2) is 4.85. The van der Waals surface area contributed by atoms with Crippen LogP contribution in [0.1, 0.15) is 18.1 Å². The van der Waals surface area contributed by atoms with Gasteiger partial charge in [-0.1, -0.05) is 64.5 Å². The molecule has 0 spiro atoms. The first-order chi connectivity index (χ1) is 10.2. The van der Waals surface area contributed by atoms with Gasteiger partial charge in [0.2, 0.25) is 0 Å². The summed E-state index contributed by atoms with van der Waals surface area (Å²) in [4.78, 5) is 0. The van der Waals surface area contributed by atoms with Crippen LogP contribution in [0.3, 0.4) is 0 Å². The Bertz CT molecular complexity index is 882. The van der Waals surface area contributed by atoms with E-state index in [1.807, 2.05) is 0 Å². The van der Waals surface area contributed by atoms with Crippen LogP contribution in [0.4, 0.5) is 0 Å². The molecular weight excluding hydrogens is 320 g/mol. The molecule has 0 fully saturated rings. The second-order valence-corrected chi connectivity index (χ2v) is 6.46. The molecule has 0 saturated heterocycles. The number of hydrogen-bond donors (Lipinski definition) is 0. The zero-order chi connectivity index (χ0) is 14.4. The van der Waals surface area contributed by atoms with Gasteiger partial charge < -0.3 is 0 Å². The molecule has 1 aliphatic carbocycles. The lowest BCUT2D eigenvalue weighted by molar-refractivity contribution is 1.30. The molecule has 0 bridgehead atoms. The zero-order valence-electron chi connectivity index (χ0n) is 11.9. The van der Waals surface area contributed by atoms with E-state index in [4.69, 9.17) is 0 Å². The van der Waals surface area contributed by atoms with Gasteiger partial charge in [0.1, 0.15) is 0 Å². The molecule has 1 aliphatic rings. The molecule has 0 aliphatic heterocycles. The van der Waals surface area contributed by atoms with Crippen LogP contribution < -0.4 is 0 Å². The third-order valence-corrected chi connectivity index (χ3v) is 4.98. The topological polar surface area (TPSA) is 0 Å². The Balaban J connectivity index is 2.01. The van der Waals surface area contributed by atoms with Crippen LogP contribution in [0.2, 0.25) is 0 Å². The number of allylic oxidation sites excluding steroid dienone is 2. The van der Waals surface area contributed by atoms with Crippen LogP contribution in [0.5, 0.6) is 0 Å². The number of halogens is 1. The van der Waals surface area contributed by atoms with Crippen LogP contribution in [-0.2, 0) is 6.42 Å². The summed E-state index contributed by atoms with van der Waals surface area (Å²) in [6, 6.07) is 19.7. The van der Waals surface area contributed by atoms with Crippen molar-refractivity contribution in [2.45, 2.75) is 13.3 Å². The Morgan fingerprint density at radius 3 is 2.57 bits per heavy atom. The maximum atomic E-state index is 3.77. The van der Waals surface area contributed by atoms with Crippen molar-refractivity contribution >= 4 is 32.3 Å². The zero-order valence-corrected chi connectivity index (χ0v) is 13.4. The van der Waals surface area contributed by atoms with Gasteiger partial charge in [0.25, 0.3) is 0 Å². The maximum Gasteiger partial charge on any atom is 0.0257 e. The van der Waals surface area contributed by atoms with E-state index in [1.165, 1.54) is 43.1 Å². The predicted molar refractivity (Wildman–Crippen MR) is 94.4 cm³/mol. The molecule has 0 N–H and O–H groups in total. The van der Waals surface area contributed by atoms with Crippen molar-refractivity contribution in [2.75, 3.05) is 0 Å². The van der Waals surface area contributed by atoms with E-state index in [0.717, 1.165) is 6.42 Å². The average Bonchev–Trinajstić information content (AvgIpc) is 2.86. The quantitative estimate of drug-likeness (QED) is 0.494. The Morgan fingerprint density at radius 2 is 1.67 bits per heavy atom. The Kier molecular flexibility index (Phi) is 2.97. The van der Waals surface area contributed by atoms with Crippen molar-refractivity contribution in [3.05, 3.63) is 76.3 Å². The molecule has 1 heteroatoms. The van der Waals surface area contributed by atoms with E-state index < -0.39 is 0 Å². The van der Waals surface area contributed by atoms with Crippen LogP contribution in [-0.4, -0.2) is 0 Å². The molecule has 3 aromatic rings. The minimum atomic E-state index is 1.05. The van der Waals surface area contributed by atoms with Crippen molar-refractivity contribution in [3.63, 3.8) is 0 Å². The molecule has 0 saturated carbocycles. The fourth-order valence-corrected chi connectivity index (χ4v) is 3.79. The van der Waals surface area contributed by atoms with Crippen molar-refractivity contribution in [2.24, 2.45) is 0 Å². The third-order valence-electron chi connectivity index (χ3n) is 4.33. The minimum absolute atomic E-state index is 1.05. The van der Waals surface area contributed by atoms with Gasteiger partial charge in [-0.3, -0.25) is 0 Å². The van der Waals surface area contributed by atoms with Crippen molar-refractivity contribution < 1.29 is 0 Å². The lowest BCUT2D eigenvalue weighted by atomic mass is 9.95. The number of rotatable bonds is 1. The average molecular weight is 335 g/mol. The van der Waals surface area contributed by atoms with Crippen LogP contribution >= 0.6 is 15.9 Å². The van der Waals surface area contributed by atoms with Gasteiger partial charge in [0.15, 0.2) is 0 Å². The summed E-state index contributed by atoms with van der Waals surface area (Å²) in [5, 5.41) is 2.59. The monoisotopic (exact) mass is 334 g/mol. The summed E-state index contributed by atoms with van der Waals surface area (Å²) in [6.07, 6.45) is 3.36. The van der Waals surface area contributed by atoms with E-state index in [2.05, 4.69) is 83.5 Å². The standard InChI is InChI=1S/C20H15Br/c1-13-9-10-15-11-20(21)19(12-18(13)15)17-8-4-6-14-5-2-3-7-16(14)17/h2-9,11-12H,10H2,1H3. The molecule has 0 radical (unpaired) electrons. The smallest absolute Gasteiger partial charge is 0.0257 e. The molecule has 0 aromatic heterocycles. The highest BCUT2D eigenvalue weighted by atomic mass is 79.9. The Hall–Kier alpha value is -1.86. The van der Waals surface area contributed by atoms with E-state index >= 15 is 0 Å². The lowest BCUT2D eigenvalue weighted by Crippen LogP contribution is -1.89. The van der Waals surface area contributed by atoms with Crippen LogP contribution in [0, 0.1) is 0 Å². The number of fused-ring (bicyclic) bond motifs is 2. The van der Waals surface area contributed by atoms with Crippen LogP contribution in [0.25, 0.3) is 27.5 Å². The number of hydrogen-bond acceptors (Lipinski definition) is 0. The largest absolute Gasteiger partial charge is 0.0766 e. The molecule has 4 rings (SSSR count). The van der Waals surface area contributed by atoms with E-state index in [9.17, 15) is 0 Å². The number of benzene rings is 3. The highest BCUT2D eigenvalue weighted by Crippen LogP contribution is 2.39. The first kappa shape index (κ1) is 12.8. The van der Waals surface area contributed by atoms with E-state index in [1.54, 1.807) is 0 Å². The normalized spacial score (nSPS) is 13.3. The Labute approximate surface area is 133 Å². The minimum Gasteiger partial charge on any atom is -0.0766 e. The van der Waals surface area contributed by atoms with Gasteiger partial charge in [-0.15, -0.1) is 0 Å². The van der Waals surface area contributed by atoms with E-state index in [-0.39, 0.29) is 0 Å². The first-order valence-electron chi connectivity index (χ1n) is 7.22. The van der Waals surface area contributed by atoms with Crippen LogP contribution in [0.15, 0.2) is 65.1 Å². The predicted octanol–water partition coefficient (Wildman–Crippen LogP) is 6.23. The molecule has 21 heavy (non-hydrogen) atoms. The highest BCUT2D eigenvalue weighted by molar-refractivity contribution is 9.10. The fraction of sp³-hybridized carbons (Fsp3) is 0.100. The second-order valence-electron chi connectivity index (χ2n) is 5.61. The summed E-state index contributed by atoms with van der Waals surface area (Å²) < 4.78 is 1.18. The molecule has 0 amide bonds. The van der Waals surface area contributed by atoms with Gasteiger partial charge in [0.05, 0.1) is 0 Å². The maximum absolute atomic E-state index is 3.77. The summed E-state index contributed by atoms with van der Waals surface area (Å²) >= 11 is 3.77. The molecule has 0 atom stereocenters. The molecule has 0 heterocycles. The Morgan fingerprint density at radius 1 is 0.857 bits per heavy atom. The summed E-state index contributed by atoms with van der Waals surface area (Å²) in [6.45, 7) is 2.20. The van der Waals surface area contributed by atoms with Gasteiger partial charge >= 0.3 is 0 Å². The summed E-state index contributed by atoms with van der Waals surface area (Å²) in [7, 11) is 0. The third kappa shape index (κ3) is 2.04. The van der Waals surface area contributed by atoms with Crippen molar-refractivity contribution in [1.82, 2.24) is 0 Å². The molecule has 3 aromatic carbocycles.